The third-order valence-corrected chi connectivity index (χ3v) is 4.73. The van der Waals surface area contributed by atoms with Crippen LogP contribution in [0.4, 0.5) is 0 Å². The van der Waals surface area contributed by atoms with Crippen LogP contribution in [0.5, 0.6) is 5.75 Å². The summed E-state index contributed by atoms with van der Waals surface area (Å²) in [5, 5.41) is 0. The van der Waals surface area contributed by atoms with E-state index in [1.54, 1.807) is 7.11 Å². The van der Waals surface area contributed by atoms with Crippen LogP contribution in [-0.4, -0.2) is 18.6 Å². The lowest BCUT2D eigenvalue weighted by Crippen LogP contribution is -2.30. The predicted molar refractivity (Wildman–Crippen MR) is 89.9 cm³/mol. The highest BCUT2D eigenvalue weighted by Crippen LogP contribution is 2.39. The molecule has 1 aliphatic heterocycles. The fraction of sp³-hybridized carbons (Fsp3) is 0.368. The van der Waals surface area contributed by atoms with E-state index in [9.17, 15) is 0 Å². The molecule has 0 saturated carbocycles. The molecule has 2 aromatic carbocycles. The molecule has 22 heavy (non-hydrogen) atoms. The quantitative estimate of drug-likeness (QED) is 0.937. The van der Waals surface area contributed by atoms with E-state index in [1.807, 2.05) is 12.1 Å². The maximum absolute atomic E-state index is 6.09. The number of ether oxygens (including phenoxy) is 1. The highest BCUT2D eigenvalue weighted by Gasteiger charge is 2.32. The molecule has 0 bridgehead atoms. The van der Waals surface area contributed by atoms with Crippen LogP contribution in [0.25, 0.3) is 0 Å². The molecular weight excluding hydrogens is 272 g/mol. The predicted octanol–water partition coefficient (Wildman–Crippen LogP) is 3.58. The van der Waals surface area contributed by atoms with E-state index in [1.165, 1.54) is 22.3 Å². The van der Waals surface area contributed by atoms with Crippen molar-refractivity contribution in [1.29, 1.82) is 0 Å². The molecule has 0 radical (unpaired) electrons. The zero-order valence-corrected chi connectivity index (χ0v) is 13.5. The van der Waals surface area contributed by atoms with Gasteiger partial charge in [-0.2, -0.15) is 0 Å². The van der Waals surface area contributed by atoms with Crippen LogP contribution in [0.3, 0.4) is 0 Å². The van der Waals surface area contributed by atoms with Gasteiger partial charge >= 0.3 is 0 Å². The number of nitrogens with zero attached hydrogens (tertiary/aromatic N) is 1. The standard InChI is InChI=1S/C19H24N2O/c1-13-4-5-16-12-21(19(11-20)18(16)10-13)14(2)15-6-8-17(22-3)9-7-15/h4-10,14,19H,11-12,20H2,1-3H3. The molecule has 116 valence electrons. The highest BCUT2D eigenvalue weighted by molar-refractivity contribution is 5.39. The van der Waals surface area contributed by atoms with E-state index < -0.39 is 0 Å². The summed E-state index contributed by atoms with van der Waals surface area (Å²) >= 11 is 0. The van der Waals surface area contributed by atoms with Gasteiger partial charge in [0.15, 0.2) is 0 Å². The van der Waals surface area contributed by atoms with Gasteiger partial charge < -0.3 is 10.5 Å². The van der Waals surface area contributed by atoms with E-state index >= 15 is 0 Å². The second-order valence-corrected chi connectivity index (χ2v) is 6.08. The molecule has 0 spiro atoms. The van der Waals surface area contributed by atoms with Crippen molar-refractivity contribution in [3.8, 4) is 5.75 Å². The van der Waals surface area contributed by atoms with E-state index in [0.29, 0.717) is 18.6 Å². The van der Waals surface area contributed by atoms with Gasteiger partial charge in [-0.3, -0.25) is 4.90 Å². The van der Waals surface area contributed by atoms with Gasteiger partial charge in [0.25, 0.3) is 0 Å². The fourth-order valence-corrected chi connectivity index (χ4v) is 3.40. The van der Waals surface area contributed by atoms with E-state index in [0.717, 1.165) is 12.3 Å². The second kappa shape index (κ2) is 6.11. The molecule has 1 aliphatic rings. The van der Waals surface area contributed by atoms with E-state index in [4.69, 9.17) is 10.5 Å². The number of rotatable bonds is 4. The molecule has 2 unspecified atom stereocenters. The number of fused-ring (bicyclic) bond motifs is 1. The van der Waals surface area contributed by atoms with Crippen molar-refractivity contribution >= 4 is 0 Å². The minimum atomic E-state index is 0.298. The average Bonchev–Trinajstić information content (AvgIpc) is 2.91. The normalized spacial score (nSPS) is 19.0. The molecule has 3 rings (SSSR count). The zero-order chi connectivity index (χ0) is 15.7. The lowest BCUT2D eigenvalue weighted by Gasteiger charge is -2.30. The van der Waals surface area contributed by atoms with Crippen LogP contribution in [0.15, 0.2) is 42.5 Å². The smallest absolute Gasteiger partial charge is 0.118 e. The zero-order valence-electron chi connectivity index (χ0n) is 13.5. The van der Waals surface area contributed by atoms with Gasteiger partial charge in [0.2, 0.25) is 0 Å². The summed E-state index contributed by atoms with van der Waals surface area (Å²) < 4.78 is 5.25. The van der Waals surface area contributed by atoms with Gasteiger partial charge in [-0.25, -0.2) is 0 Å². The molecule has 2 atom stereocenters. The molecule has 2 N–H and O–H groups in total. The molecule has 0 amide bonds. The molecular formula is C19H24N2O. The van der Waals surface area contributed by atoms with Crippen molar-refractivity contribution in [1.82, 2.24) is 4.90 Å². The summed E-state index contributed by atoms with van der Waals surface area (Å²) in [4.78, 5) is 2.49. The number of methoxy groups -OCH3 is 1. The Hall–Kier alpha value is -1.84. The third-order valence-electron chi connectivity index (χ3n) is 4.73. The Morgan fingerprint density at radius 1 is 1.23 bits per heavy atom. The SMILES string of the molecule is COc1ccc(C(C)N2Cc3ccc(C)cc3C2CN)cc1. The molecule has 0 aromatic heterocycles. The number of benzene rings is 2. The lowest BCUT2D eigenvalue weighted by molar-refractivity contribution is 0.161. The molecule has 3 nitrogen and oxygen atoms in total. The third kappa shape index (κ3) is 2.62. The summed E-state index contributed by atoms with van der Waals surface area (Å²) in [7, 11) is 1.70. The first-order chi connectivity index (χ1) is 10.6. The fourth-order valence-electron chi connectivity index (χ4n) is 3.40. The largest absolute Gasteiger partial charge is 0.497 e. The van der Waals surface area contributed by atoms with Crippen molar-refractivity contribution in [2.75, 3.05) is 13.7 Å². The summed E-state index contributed by atoms with van der Waals surface area (Å²) in [6.45, 7) is 6.01. The average molecular weight is 296 g/mol. The maximum atomic E-state index is 6.09. The van der Waals surface area contributed by atoms with Crippen molar-refractivity contribution in [2.45, 2.75) is 32.5 Å². The first-order valence-electron chi connectivity index (χ1n) is 7.83. The van der Waals surface area contributed by atoms with Gasteiger partial charge in [-0.15, -0.1) is 0 Å². The molecule has 3 heteroatoms. The molecule has 0 saturated heterocycles. The summed E-state index contributed by atoms with van der Waals surface area (Å²) in [6, 6.07) is 15.7. The van der Waals surface area contributed by atoms with Gasteiger partial charge in [-0.1, -0.05) is 35.9 Å². The molecule has 0 aliphatic carbocycles. The van der Waals surface area contributed by atoms with Crippen LogP contribution in [-0.2, 0) is 6.54 Å². The molecule has 0 fully saturated rings. The first kappa shape index (κ1) is 15.1. The summed E-state index contributed by atoms with van der Waals surface area (Å²) in [5.74, 6) is 0.895. The summed E-state index contributed by atoms with van der Waals surface area (Å²) in [5.41, 5.74) is 11.5. The lowest BCUT2D eigenvalue weighted by atomic mass is 10.0. The maximum Gasteiger partial charge on any atom is 0.118 e. The van der Waals surface area contributed by atoms with Gasteiger partial charge in [0, 0.05) is 25.2 Å². The van der Waals surface area contributed by atoms with Crippen molar-refractivity contribution in [3.63, 3.8) is 0 Å². The van der Waals surface area contributed by atoms with E-state index in [-0.39, 0.29) is 0 Å². The molecule has 2 aromatic rings. The number of aryl methyl sites for hydroxylation is 1. The van der Waals surface area contributed by atoms with E-state index in [2.05, 4.69) is 49.1 Å². The van der Waals surface area contributed by atoms with Crippen LogP contribution >= 0.6 is 0 Å². The Kier molecular flexibility index (Phi) is 4.19. The van der Waals surface area contributed by atoms with Crippen LogP contribution in [0, 0.1) is 6.92 Å². The van der Waals surface area contributed by atoms with Crippen molar-refractivity contribution in [2.24, 2.45) is 5.73 Å². The number of nitrogens with two attached hydrogens (primary N) is 1. The number of hydrogen-bond acceptors (Lipinski definition) is 3. The summed E-state index contributed by atoms with van der Waals surface area (Å²) in [6.07, 6.45) is 0. The Balaban J connectivity index is 1.88. The van der Waals surface area contributed by atoms with Crippen LogP contribution < -0.4 is 10.5 Å². The van der Waals surface area contributed by atoms with Crippen LogP contribution in [0.2, 0.25) is 0 Å². The van der Waals surface area contributed by atoms with Crippen molar-refractivity contribution in [3.05, 3.63) is 64.7 Å². The minimum Gasteiger partial charge on any atom is -0.497 e. The van der Waals surface area contributed by atoms with Gasteiger partial charge in [-0.05, 0) is 42.7 Å². The van der Waals surface area contributed by atoms with Crippen molar-refractivity contribution < 1.29 is 4.74 Å². The Labute approximate surface area is 132 Å². The highest BCUT2D eigenvalue weighted by atomic mass is 16.5. The van der Waals surface area contributed by atoms with Gasteiger partial charge in [0.1, 0.15) is 5.75 Å². The first-order valence-corrected chi connectivity index (χ1v) is 7.83. The Bertz CT molecular complexity index is 651. The number of hydrogen-bond donors (Lipinski definition) is 1. The second-order valence-electron chi connectivity index (χ2n) is 6.08. The van der Waals surface area contributed by atoms with Gasteiger partial charge in [0.05, 0.1) is 7.11 Å². The monoisotopic (exact) mass is 296 g/mol. The Morgan fingerprint density at radius 2 is 1.95 bits per heavy atom. The van der Waals surface area contributed by atoms with Crippen LogP contribution in [0.1, 0.15) is 41.3 Å². The topological polar surface area (TPSA) is 38.5 Å². The Morgan fingerprint density at radius 3 is 2.59 bits per heavy atom. The molecule has 1 heterocycles. The minimum absolute atomic E-state index is 0.298.